The summed E-state index contributed by atoms with van der Waals surface area (Å²) in [5.41, 5.74) is 2.12. The number of benzene rings is 1. The van der Waals surface area contributed by atoms with Crippen LogP contribution in [0.5, 0.6) is 0 Å². The van der Waals surface area contributed by atoms with Crippen LogP contribution in [-0.2, 0) is 14.9 Å². The van der Waals surface area contributed by atoms with E-state index in [0.29, 0.717) is 6.54 Å². The number of hydrogen-bond acceptors (Lipinski definition) is 3. The summed E-state index contributed by atoms with van der Waals surface area (Å²) >= 11 is 0. The van der Waals surface area contributed by atoms with Crippen molar-refractivity contribution in [1.82, 2.24) is 0 Å². The molecule has 19 heavy (non-hydrogen) atoms. The van der Waals surface area contributed by atoms with Crippen molar-refractivity contribution in [2.75, 3.05) is 18.1 Å². The predicted octanol–water partition coefficient (Wildman–Crippen LogP) is 2.24. The topological polar surface area (TPSA) is 53.3 Å². The van der Waals surface area contributed by atoms with E-state index in [2.05, 4.69) is 20.8 Å². The first-order valence-electron chi connectivity index (χ1n) is 6.34. The second-order valence-corrected chi connectivity index (χ2v) is 5.73. The van der Waals surface area contributed by atoms with Crippen LogP contribution in [0.25, 0.3) is 0 Å². The lowest BCUT2D eigenvalue weighted by Crippen LogP contribution is -2.46. The summed E-state index contributed by atoms with van der Waals surface area (Å²) in [6.45, 7) is 6.71. The fourth-order valence-electron chi connectivity index (χ4n) is 2.04. The SMILES string of the molecule is CC(C)(C)c1ccc(N2CC(C#N)OCC2=O)cc1. The Morgan fingerprint density at radius 3 is 2.47 bits per heavy atom. The largest absolute Gasteiger partial charge is 0.352 e. The van der Waals surface area contributed by atoms with Crippen LogP contribution in [-0.4, -0.2) is 25.2 Å². The molecule has 0 aromatic heterocycles. The molecule has 1 atom stereocenters. The second-order valence-electron chi connectivity index (χ2n) is 5.73. The van der Waals surface area contributed by atoms with Crippen molar-refractivity contribution in [3.8, 4) is 6.07 Å². The Kier molecular flexibility index (Phi) is 3.59. The van der Waals surface area contributed by atoms with Crippen LogP contribution < -0.4 is 4.90 Å². The minimum absolute atomic E-state index is 0.0285. The van der Waals surface area contributed by atoms with Gasteiger partial charge in [0.1, 0.15) is 6.61 Å². The van der Waals surface area contributed by atoms with E-state index in [1.165, 1.54) is 5.56 Å². The maximum atomic E-state index is 11.8. The number of hydrogen-bond donors (Lipinski definition) is 0. The maximum Gasteiger partial charge on any atom is 0.253 e. The van der Waals surface area contributed by atoms with Gasteiger partial charge in [0.15, 0.2) is 6.10 Å². The van der Waals surface area contributed by atoms with Gasteiger partial charge in [0.25, 0.3) is 5.91 Å². The second kappa shape index (κ2) is 5.02. The molecule has 1 heterocycles. The van der Waals surface area contributed by atoms with Crippen molar-refractivity contribution < 1.29 is 9.53 Å². The lowest BCUT2D eigenvalue weighted by atomic mass is 9.87. The van der Waals surface area contributed by atoms with Crippen molar-refractivity contribution in [1.29, 1.82) is 5.26 Å². The molecule has 0 radical (unpaired) electrons. The number of rotatable bonds is 1. The van der Waals surface area contributed by atoms with Gasteiger partial charge in [0.2, 0.25) is 0 Å². The number of carbonyl (C=O) groups is 1. The number of carbonyl (C=O) groups excluding carboxylic acids is 1. The third-order valence-electron chi connectivity index (χ3n) is 3.25. The van der Waals surface area contributed by atoms with Crippen molar-refractivity contribution >= 4 is 11.6 Å². The first-order chi connectivity index (χ1) is 8.91. The number of nitrogens with zero attached hydrogens (tertiary/aromatic N) is 2. The summed E-state index contributed by atoms with van der Waals surface area (Å²) in [6.07, 6.45) is -0.542. The van der Waals surface area contributed by atoms with Gasteiger partial charge in [-0.25, -0.2) is 0 Å². The fraction of sp³-hybridized carbons (Fsp3) is 0.467. The molecule has 0 bridgehead atoms. The van der Waals surface area contributed by atoms with Gasteiger partial charge in [0.05, 0.1) is 12.6 Å². The van der Waals surface area contributed by atoms with E-state index in [9.17, 15) is 4.79 Å². The molecule has 1 fully saturated rings. The highest BCUT2D eigenvalue weighted by Crippen LogP contribution is 2.26. The van der Waals surface area contributed by atoms with Gasteiger partial charge in [-0.1, -0.05) is 32.9 Å². The zero-order valence-electron chi connectivity index (χ0n) is 11.5. The summed E-state index contributed by atoms with van der Waals surface area (Å²) in [5.74, 6) is -0.102. The van der Waals surface area contributed by atoms with Crippen LogP contribution in [0.1, 0.15) is 26.3 Å². The Morgan fingerprint density at radius 2 is 1.95 bits per heavy atom. The molecule has 1 aromatic carbocycles. The molecular formula is C15H18N2O2. The van der Waals surface area contributed by atoms with Crippen LogP contribution in [0.15, 0.2) is 24.3 Å². The van der Waals surface area contributed by atoms with Gasteiger partial charge in [-0.2, -0.15) is 5.26 Å². The molecule has 1 amide bonds. The Labute approximate surface area is 113 Å². The van der Waals surface area contributed by atoms with E-state index in [-0.39, 0.29) is 17.9 Å². The monoisotopic (exact) mass is 258 g/mol. The van der Waals surface area contributed by atoms with Crippen molar-refractivity contribution in [3.63, 3.8) is 0 Å². The van der Waals surface area contributed by atoms with Crippen LogP contribution in [0, 0.1) is 11.3 Å². The summed E-state index contributed by atoms with van der Waals surface area (Å²) in [5, 5.41) is 8.88. The normalized spacial score (nSPS) is 20.2. The van der Waals surface area contributed by atoms with E-state index in [4.69, 9.17) is 10.00 Å². The highest BCUT2D eigenvalue weighted by molar-refractivity contribution is 5.95. The van der Waals surface area contributed by atoms with Gasteiger partial charge in [0, 0.05) is 5.69 Å². The lowest BCUT2D eigenvalue weighted by Gasteiger charge is -2.30. The van der Waals surface area contributed by atoms with Gasteiger partial charge in [-0.05, 0) is 23.1 Å². The van der Waals surface area contributed by atoms with Crippen LogP contribution in [0.2, 0.25) is 0 Å². The Bertz CT molecular complexity index is 508. The van der Waals surface area contributed by atoms with Crippen LogP contribution in [0.4, 0.5) is 5.69 Å². The molecule has 0 aliphatic carbocycles. The molecule has 0 saturated carbocycles. The summed E-state index contributed by atoms with van der Waals surface area (Å²) < 4.78 is 5.12. The molecular weight excluding hydrogens is 240 g/mol. The first-order valence-corrected chi connectivity index (χ1v) is 6.34. The number of anilines is 1. The average Bonchev–Trinajstić information content (AvgIpc) is 2.38. The standard InChI is InChI=1S/C15H18N2O2/c1-15(2,3)11-4-6-12(7-5-11)17-9-13(8-16)19-10-14(17)18/h4-7,13H,9-10H2,1-3H3. The summed E-state index contributed by atoms with van der Waals surface area (Å²) in [7, 11) is 0. The smallest absolute Gasteiger partial charge is 0.253 e. The molecule has 1 aliphatic rings. The molecule has 0 N–H and O–H groups in total. The van der Waals surface area contributed by atoms with E-state index in [0.717, 1.165) is 5.69 Å². The molecule has 2 rings (SSSR count). The van der Waals surface area contributed by atoms with Crippen molar-refractivity contribution in [2.45, 2.75) is 32.3 Å². The lowest BCUT2D eigenvalue weighted by molar-refractivity contribution is -0.127. The quantitative estimate of drug-likeness (QED) is 0.776. The van der Waals surface area contributed by atoms with E-state index in [1.54, 1.807) is 4.90 Å². The third kappa shape index (κ3) is 2.94. The van der Waals surface area contributed by atoms with Crippen molar-refractivity contribution in [3.05, 3.63) is 29.8 Å². The molecule has 1 aliphatic heterocycles. The Balaban J connectivity index is 2.22. The first kappa shape index (κ1) is 13.6. The van der Waals surface area contributed by atoms with E-state index < -0.39 is 6.10 Å². The van der Waals surface area contributed by atoms with Gasteiger partial charge < -0.3 is 9.64 Å². The fourth-order valence-corrected chi connectivity index (χ4v) is 2.04. The van der Waals surface area contributed by atoms with E-state index >= 15 is 0 Å². The summed E-state index contributed by atoms with van der Waals surface area (Å²) in [6, 6.07) is 9.96. The van der Waals surface area contributed by atoms with Gasteiger partial charge in [-0.3, -0.25) is 4.79 Å². The zero-order chi connectivity index (χ0) is 14.0. The molecule has 1 aromatic rings. The Hall–Kier alpha value is -1.86. The van der Waals surface area contributed by atoms with Crippen LogP contribution in [0.3, 0.4) is 0 Å². The third-order valence-corrected chi connectivity index (χ3v) is 3.25. The van der Waals surface area contributed by atoms with Gasteiger partial charge >= 0.3 is 0 Å². The van der Waals surface area contributed by atoms with Crippen molar-refractivity contribution in [2.24, 2.45) is 0 Å². The summed E-state index contributed by atoms with van der Waals surface area (Å²) in [4.78, 5) is 13.4. The average molecular weight is 258 g/mol. The number of amides is 1. The minimum Gasteiger partial charge on any atom is -0.352 e. The Morgan fingerprint density at radius 1 is 1.32 bits per heavy atom. The maximum absolute atomic E-state index is 11.8. The van der Waals surface area contributed by atoms with E-state index in [1.807, 2.05) is 30.3 Å². The highest BCUT2D eigenvalue weighted by atomic mass is 16.5. The zero-order valence-corrected chi connectivity index (χ0v) is 11.5. The molecule has 4 heteroatoms. The number of morpholine rings is 1. The molecule has 1 saturated heterocycles. The molecule has 1 unspecified atom stereocenters. The number of ether oxygens (including phenoxy) is 1. The molecule has 100 valence electrons. The molecule has 4 nitrogen and oxygen atoms in total. The predicted molar refractivity (Wildman–Crippen MR) is 72.8 cm³/mol. The van der Waals surface area contributed by atoms with Crippen LogP contribution >= 0.6 is 0 Å². The number of nitriles is 1. The molecule has 0 spiro atoms. The highest BCUT2D eigenvalue weighted by Gasteiger charge is 2.27. The minimum atomic E-state index is -0.542. The van der Waals surface area contributed by atoms with Gasteiger partial charge in [-0.15, -0.1) is 0 Å².